The number of hydrogen-bond acceptors (Lipinski definition) is 5. The van der Waals surface area contributed by atoms with Gasteiger partial charge in [0.1, 0.15) is 12.0 Å². The first-order chi connectivity index (χ1) is 13.3. The summed E-state index contributed by atoms with van der Waals surface area (Å²) in [5, 5.41) is 1.97. The van der Waals surface area contributed by atoms with Crippen LogP contribution in [0, 0.1) is 0 Å². The van der Waals surface area contributed by atoms with Crippen molar-refractivity contribution in [2.75, 3.05) is 6.54 Å². The molecule has 1 aliphatic rings. The van der Waals surface area contributed by atoms with Crippen molar-refractivity contribution < 1.29 is 13.9 Å². The van der Waals surface area contributed by atoms with Crippen LogP contribution in [0.1, 0.15) is 36.1 Å². The number of hydrogen-bond donors (Lipinski definition) is 0. The molecule has 2 aromatic heterocycles. The fourth-order valence-corrected chi connectivity index (χ4v) is 3.33. The first-order valence-electron chi connectivity index (χ1n) is 9.14. The maximum atomic E-state index is 12.7. The normalized spacial score (nSPS) is 16.2. The van der Waals surface area contributed by atoms with Crippen molar-refractivity contribution in [3.05, 3.63) is 66.7 Å². The zero-order valence-electron chi connectivity index (χ0n) is 15.2. The van der Waals surface area contributed by atoms with Crippen LogP contribution in [0.5, 0.6) is 5.75 Å². The summed E-state index contributed by atoms with van der Waals surface area (Å²) in [6.45, 7) is 2.89. The molecule has 3 heterocycles. The summed E-state index contributed by atoms with van der Waals surface area (Å²) in [5.41, 5.74) is 0.320. The van der Waals surface area contributed by atoms with E-state index in [1.54, 1.807) is 12.4 Å². The number of oxazole rings is 1. The van der Waals surface area contributed by atoms with Gasteiger partial charge < -0.3 is 14.1 Å². The lowest BCUT2D eigenvalue weighted by atomic mass is 10.1. The fraction of sp³-hybridized carbons (Fsp3) is 0.286. The van der Waals surface area contributed by atoms with Crippen LogP contribution < -0.4 is 4.74 Å². The number of nitrogens with zero attached hydrogens (tertiary/aromatic N) is 3. The Kier molecular flexibility index (Phi) is 4.87. The van der Waals surface area contributed by atoms with Gasteiger partial charge in [-0.15, -0.1) is 0 Å². The van der Waals surface area contributed by atoms with Crippen LogP contribution in [0.4, 0.5) is 0 Å². The zero-order valence-corrected chi connectivity index (χ0v) is 15.2. The average molecular weight is 363 g/mol. The van der Waals surface area contributed by atoms with Crippen molar-refractivity contribution >= 4 is 16.7 Å². The van der Waals surface area contributed by atoms with Gasteiger partial charge in [-0.3, -0.25) is 9.78 Å². The third kappa shape index (κ3) is 3.56. The van der Waals surface area contributed by atoms with Crippen molar-refractivity contribution in [2.45, 2.75) is 32.4 Å². The molecule has 4 rings (SSSR count). The molecule has 1 atom stereocenters. The van der Waals surface area contributed by atoms with E-state index in [1.165, 1.54) is 6.26 Å². The molecule has 138 valence electrons. The molecule has 0 saturated heterocycles. The third-order valence-electron chi connectivity index (χ3n) is 4.67. The summed E-state index contributed by atoms with van der Waals surface area (Å²) in [5.74, 6) is 1.00. The molecule has 6 nitrogen and oxygen atoms in total. The predicted molar refractivity (Wildman–Crippen MR) is 101 cm³/mol. The van der Waals surface area contributed by atoms with E-state index in [0.717, 1.165) is 29.4 Å². The zero-order chi connectivity index (χ0) is 18.6. The highest BCUT2D eigenvalue weighted by molar-refractivity contribution is 5.92. The topological polar surface area (TPSA) is 68.5 Å². The summed E-state index contributed by atoms with van der Waals surface area (Å²) >= 11 is 0. The lowest BCUT2D eigenvalue weighted by Gasteiger charge is -2.23. The molecule has 0 fully saturated rings. The number of pyridine rings is 1. The molecular formula is C21H21N3O3. The Labute approximate surface area is 157 Å². The number of benzene rings is 1. The highest BCUT2D eigenvalue weighted by Gasteiger charge is 2.27. The highest BCUT2D eigenvalue weighted by atomic mass is 16.5. The van der Waals surface area contributed by atoms with Gasteiger partial charge in [0.05, 0.1) is 6.04 Å². The second-order valence-electron chi connectivity index (χ2n) is 6.51. The third-order valence-corrected chi connectivity index (χ3v) is 4.67. The Morgan fingerprint density at radius 1 is 1.37 bits per heavy atom. The number of rotatable bonds is 6. The summed E-state index contributed by atoms with van der Waals surface area (Å²) in [4.78, 5) is 23.0. The van der Waals surface area contributed by atoms with E-state index in [0.29, 0.717) is 18.1 Å². The lowest BCUT2D eigenvalue weighted by Crippen LogP contribution is -2.36. The molecule has 1 amide bonds. The van der Waals surface area contributed by atoms with Gasteiger partial charge in [-0.2, -0.15) is 0 Å². The molecule has 0 aliphatic carbocycles. The molecule has 1 aliphatic heterocycles. The minimum Gasteiger partial charge on any atom is -0.483 e. The first-order valence-corrected chi connectivity index (χ1v) is 9.14. The monoisotopic (exact) mass is 363 g/mol. The van der Waals surface area contributed by atoms with Gasteiger partial charge in [0.2, 0.25) is 5.89 Å². The van der Waals surface area contributed by atoms with Gasteiger partial charge >= 0.3 is 0 Å². The molecule has 6 heteroatoms. The quantitative estimate of drug-likeness (QED) is 0.620. The van der Waals surface area contributed by atoms with E-state index in [4.69, 9.17) is 9.15 Å². The van der Waals surface area contributed by atoms with E-state index in [1.807, 2.05) is 35.2 Å². The molecular weight excluding hydrogens is 342 g/mol. The van der Waals surface area contributed by atoms with E-state index in [2.05, 4.69) is 23.0 Å². The molecule has 0 saturated carbocycles. The molecule has 1 aromatic carbocycles. The molecule has 0 radical (unpaired) electrons. The van der Waals surface area contributed by atoms with Gasteiger partial charge in [-0.1, -0.05) is 37.6 Å². The van der Waals surface area contributed by atoms with Crippen molar-refractivity contribution in [2.24, 2.45) is 0 Å². The molecule has 0 bridgehead atoms. The minimum absolute atomic E-state index is 0.107. The van der Waals surface area contributed by atoms with Crippen LogP contribution in [0.25, 0.3) is 10.8 Å². The Bertz CT molecular complexity index is 974. The van der Waals surface area contributed by atoms with Crippen LogP contribution >= 0.6 is 0 Å². The van der Waals surface area contributed by atoms with Crippen LogP contribution in [0.2, 0.25) is 0 Å². The standard InChI is InChI=1S/C21H21N3O3/c1-2-5-16-7-4-11-24(16)21(25)18-13-27-20(23-18)14-26-19-8-3-6-15-12-22-10-9-17(15)19/h3-4,6-10,12-13,16H,2,5,11,14H2,1H3. The summed E-state index contributed by atoms with van der Waals surface area (Å²) in [6, 6.07) is 7.83. The number of fused-ring (bicyclic) bond motifs is 1. The van der Waals surface area contributed by atoms with Crippen molar-refractivity contribution in [1.82, 2.24) is 14.9 Å². The van der Waals surface area contributed by atoms with Crippen molar-refractivity contribution in [3.63, 3.8) is 0 Å². The second-order valence-corrected chi connectivity index (χ2v) is 6.51. The number of carbonyl (C=O) groups is 1. The first kappa shape index (κ1) is 17.3. The van der Waals surface area contributed by atoms with Crippen molar-refractivity contribution in [3.8, 4) is 5.75 Å². The maximum Gasteiger partial charge on any atom is 0.276 e. The lowest BCUT2D eigenvalue weighted by molar-refractivity contribution is 0.0738. The van der Waals surface area contributed by atoms with E-state index in [9.17, 15) is 4.79 Å². The summed E-state index contributed by atoms with van der Waals surface area (Å²) in [7, 11) is 0. The Morgan fingerprint density at radius 3 is 3.19 bits per heavy atom. The van der Waals surface area contributed by atoms with Gasteiger partial charge in [-0.05, 0) is 18.6 Å². The summed E-state index contributed by atoms with van der Waals surface area (Å²) in [6.07, 6.45) is 11.0. The van der Waals surface area contributed by atoms with Gasteiger partial charge in [-0.25, -0.2) is 4.98 Å². The van der Waals surface area contributed by atoms with E-state index >= 15 is 0 Å². The van der Waals surface area contributed by atoms with Gasteiger partial charge in [0.25, 0.3) is 5.91 Å². The Balaban J connectivity index is 1.44. The minimum atomic E-state index is -0.107. The number of amides is 1. The van der Waals surface area contributed by atoms with Crippen LogP contribution in [0.3, 0.4) is 0 Å². The van der Waals surface area contributed by atoms with Gasteiger partial charge in [0.15, 0.2) is 12.3 Å². The highest BCUT2D eigenvalue weighted by Crippen LogP contribution is 2.25. The predicted octanol–water partition coefficient (Wildman–Crippen LogP) is 3.98. The van der Waals surface area contributed by atoms with E-state index in [-0.39, 0.29) is 18.6 Å². The average Bonchev–Trinajstić information content (AvgIpc) is 3.36. The molecule has 0 spiro atoms. The number of carbonyl (C=O) groups excluding carboxylic acids is 1. The number of ether oxygens (including phenoxy) is 1. The fourth-order valence-electron chi connectivity index (χ4n) is 3.33. The molecule has 1 unspecified atom stereocenters. The summed E-state index contributed by atoms with van der Waals surface area (Å²) < 4.78 is 11.3. The van der Waals surface area contributed by atoms with Gasteiger partial charge in [0, 0.05) is 29.7 Å². The molecule has 3 aromatic rings. The molecule has 0 N–H and O–H groups in total. The SMILES string of the molecule is CCCC1C=CCN1C(=O)c1coc(COc2cccc3cnccc23)n1. The Morgan fingerprint density at radius 2 is 2.30 bits per heavy atom. The maximum absolute atomic E-state index is 12.7. The van der Waals surface area contributed by atoms with E-state index < -0.39 is 0 Å². The largest absolute Gasteiger partial charge is 0.483 e. The Hall–Kier alpha value is -3.15. The van der Waals surface area contributed by atoms with Crippen LogP contribution in [-0.4, -0.2) is 33.4 Å². The van der Waals surface area contributed by atoms with Crippen LogP contribution in [0.15, 0.2) is 59.5 Å². The number of aromatic nitrogens is 2. The second kappa shape index (κ2) is 7.61. The van der Waals surface area contributed by atoms with Crippen LogP contribution in [-0.2, 0) is 6.61 Å². The van der Waals surface area contributed by atoms with Crippen molar-refractivity contribution in [1.29, 1.82) is 0 Å². The molecule has 27 heavy (non-hydrogen) atoms. The smallest absolute Gasteiger partial charge is 0.276 e.